The number of benzene rings is 1. The molecule has 1 saturated heterocycles. The summed E-state index contributed by atoms with van der Waals surface area (Å²) in [4.78, 5) is -0.0577. The summed E-state index contributed by atoms with van der Waals surface area (Å²) < 4.78 is 39.8. The van der Waals surface area contributed by atoms with Gasteiger partial charge in [-0.25, -0.2) is 12.8 Å². The molecule has 1 aromatic carbocycles. The van der Waals surface area contributed by atoms with Crippen molar-refractivity contribution in [2.45, 2.75) is 43.7 Å². The zero-order valence-corrected chi connectivity index (χ0v) is 12.5. The molecule has 1 fully saturated rings. The first-order valence-corrected chi connectivity index (χ1v) is 8.22. The summed E-state index contributed by atoms with van der Waals surface area (Å²) in [6.07, 6.45) is 0.616. The van der Waals surface area contributed by atoms with Gasteiger partial charge < -0.3 is 5.11 Å². The molecule has 1 aliphatic heterocycles. The van der Waals surface area contributed by atoms with Crippen LogP contribution in [0.3, 0.4) is 0 Å². The zero-order chi connectivity index (χ0) is 14.9. The van der Waals surface area contributed by atoms with Gasteiger partial charge in [0.1, 0.15) is 5.82 Å². The molecule has 2 rings (SSSR count). The van der Waals surface area contributed by atoms with Gasteiger partial charge in [0.25, 0.3) is 0 Å². The van der Waals surface area contributed by atoms with Crippen LogP contribution in [0.4, 0.5) is 4.39 Å². The maximum absolute atomic E-state index is 13.3. The minimum atomic E-state index is -3.77. The summed E-state index contributed by atoms with van der Waals surface area (Å²) in [6.45, 7) is 3.99. The van der Waals surface area contributed by atoms with Crippen LogP contribution < -0.4 is 0 Å². The topological polar surface area (TPSA) is 57.6 Å². The SMILES string of the molecule is C[C@@H]1CCN(S(=O)(=O)c2cccc(F)c2)[C@@H]([C@@H](C)O)C1. The van der Waals surface area contributed by atoms with Gasteiger partial charge in [0.2, 0.25) is 10.0 Å². The van der Waals surface area contributed by atoms with Crippen LogP contribution in [0.2, 0.25) is 0 Å². The second-order valence-corrected chi connectivity index (χ2v) is 7.40. The van der Waals surface area contributed by atoms with E-state index in [1.807, 2.05) is 6.92 Å². The molecule has 0 aromatic heterocycles. The van der Waals surface area contributed by atoms with Crippen molar-refractivity contribution in [1.29, 1.82) is 0 Å². The minimum Gasteiger partial charge on any atom is -0.392 e. The van der Waals surface area contributed by atoms with E-state index in [4.69, 9.17) is 0 Å². The molecule has 0 radical (unpaired) electrons. The molecule has 1 aromatic rings. The molecular weight excluding hydrogens is 281 g/mol. The molecule has 0 bridgehead atoms. The Labute approximate surface area is 119 Å². The normalized spacial score (nSPS) is 26.4. The minimum absolute atomic E-state index is 0.0577. The lowest BCUT2D eigenvalue weighted by molar-refractivity contribution is 0.0676. The number of hydrogen-bond acceptors (Lipinski definition) is 3. The molecule has 1 heterocycles. The Morgan fingerprint density at radius 2 is 2.15 bits per heavy atom. The molecule has 0 amide bonds. The third-order valence-corrected chi connectivity index (χ3v) is 5.74. The summed E-state index contributed by atoms with van der Waals surface area (Å²) in [5, 5.41) is 9.85. The van der Waals surface area contributed by atoms with Crippen molar-refractivity contribution in [2.75, 3.05) is 6.54 Å². The summed E-state index contributed by atoms with van der Waals surface area (Å²) in [5.74, 6) is -0.210. The van der Waals surface area contributed by atoms with E-state index in [1.54, 1.807) is 6.92 Å². The average Bonchev–Trinajstić information content (AvgIpc) is 2.38. The van der Waals surface area contributed by atoms with Crippen LogP contribution in [-0.4, -0.2) is 36.5 Å². The van der Waals surface area contributed by atoms with Gasteiger partial charge in [0.05, 0.1) is 17.0 Å². The van der Waals surface area contributed by atoms with E-state index in [0.29, 0.717) is 18.9 Å². The largest absolute Gasteiger partial charge is 0.392 e. The van der Waals surface area contributed by atoms with Gasteiger partial charge in [-0.3, -0.25) is 0 Å². The highest BCUT2D eigenvalue weighted by atomic mass is 32.2. The van der Waals surface area contributed by atoms with Crippen molar-refractivity contribution in [1.82, 2.24) is 4.31 Å². The summed E-state index contributed by atoms with van der Waals surface area (Å²) >= 11 is 0. The number of nitrogens with zero attached hydrogens (tertiary/aromatic N) is 1. The van der Waals surface area contributed by atoms with E-state index in [1.165, 1.54) is 22.5 Å². The fourth-order valence-corrected chi connectivity index (χ4v) is 4.41. The predicted molar refractivity (Wildman–Crippen MR) is 74.2 cm³/mol. The van der Waals surface area contributed by atoms with Crippen molar-refractivity contribution in [3.05, 3.63) is 30.1 Å². The number of aliphatic hydroxyl groups is 1. The average molecular weight is 301 g/mol. The summed E-state index contributed by atoms with van der Waals surface area (Å²) in [5.41, 5.74) is 0. The second-order valence-electron chi connectivity index (χ2n) is 5.51. The van der Waals surface area contributed by atoms with Crippen LogP contribution in [0.15, 0.2) is 29.2 Å². The van der Waals surface area contributed by atoms with Gasteiger partial charge in [-0.15, -0.1) is 0 Å². The highest BCUT2D eigenvalue weighted by Crippen LogP contribution is 2.30. The first-order valence-electron chi connectivity index (χ1n) is 6.78. The van der Waals surface area contributed by atoms with E-state index in [2.05, 4.69) is 0 Å². The smallest absolute Gasteiger partial charge is 0.243 e. The van der Waals surface area contributed by atoms with Crippen molar-refractivity contribution in [3.8, 4) is 0 Å². The van der Waals surface area contributed by atoms with Crippen molar-refractivity contribution in [2.24, 2.45) is 5.92 Å². The molecule has 4 nitrogen and oxygen atoms in total. The zero-order valence-electron chi connectivity index (χ0n) is 11.7. The molecule has 0 aliphatic carbocycles. The Bertz CT molecular complexity index is 574. The first kappa shape index (κ1) is 15.4. The van der Waals surface area contributed by atoms with E-state index < -0.39 is 28.0 Å². The number of rotatable bonds is 3. The van der Waals surface area contributed by atoms with Crippen molar-refractivity contribution >= 4 is 10.0 Å². The fraction of sp³-hybridized carbons (Fsp3) is 0.571. The number of sulfonamides is 1. The summed E-state index contributed by atoms with van der Waals surface area (Å²) in [7, 11) is -3.77. The van der Waals surface area contributed by atoms with Crippen LogP contribution in [0.25, 0.3) is 0 Å². The molecule has 0 saturated carbocycles. The molecule has 112 valence electrons. The lowest BCUT2D eigenvalue weighted by atomic mass is 9.92. The molecule has 0 unspecified atom stereocenters. The summed E-state index contributed by atoms with van der Waals surface area (Å²) in [6, 6.07) is 4.55. The third kappa shape index (κ3) is 3.02. The number of aliphatic hydroxyl groups excluding tert-OH is 1. The number of piperidine rings is 1. The predicted octanol–water partition coefficient (Wildman–Crippen LogP) is 2.00. The highest BCUT2D eigenvalue weighted by molar-refractivity contribution is 7.89. The lowest BCUT2D eigenvalue weighted by Gasteiger charge is -2.39. The third-order valence-electron chi connectivity index (χ3n) is 3.82. The van der Waals surface area contributed by atoms with Crippen molar-refractivity contribution < 1.29 is 17.9 Å². The Morgan fingerprint density at radius 1 is 1.45 bits per heavy atom. The van der Waals surface area contributed by atoms with Gasteiger partial charge in [-0.1, -0.05) is 13.0 Å². The van der Waals surface area contributed by atoms with Gasteiger partial charge >= 0.3 is 0 Å². The van der Waals surface area contributed by atoms with E-state index in [-0.39, 0.29) is 4.90 Å². The van der Waals surface area contributed by atoms with Crippen LogP contribution in [-0.2, 0) is 10.0 Å². The van der Waals surface area contributed by atoms with Crippen LogP contribution in [0.1, 0.15) is 26.7 Å². The Morgan fingerprint density at radius 3 is 2.75 bits per heavy atom. The molecule has 6 heteroatoms. The lowest BCUT2D eigenvalue weighted by Crippen LogP contribution is -2.50. The highest BCUT2D eigenvalue weighted by Gasteiger charge is 2.38. The number of hydrogen-bond donors (Lipinski definition) is 1. The van der Waals surface area contributed by atoms with Gasteiger partial charge in [0.15, 0.2) is 0 Å². The van der Waals surface area contributed by atoms with Crippen LogP contribution in [0, 0.1) is 11.7 Å². The van der Waals surface area contributed by atoms with Crippen LogP contribution in [0.5, 0.6) is 0 Å². The van der Waals surface area contributed by atoms with Gasteiger partial charge in [-0.05, 0) is 43.9 Å². The van der Waals surface area contributed by atoms with Crippen molar-refractivity contribution in [3.63, 3.8) is 0 Å². The Hall–Kier alpha value is -0.980. The molecule has 3 atom stereocenters. The van der Waals surface area contributed by atoms with Gasteiger partial charge in [0, 0.05) is 6.54 Å². The van der Waals surface area contributed by atoms with E-state index >= 15 is 0 Å². The molecule has 1 aliphatic rings. The Balaban J connectivity index is 2.37. The molecule has 1 N–H and O–H groups in total. The Kier molecular flexibility index (Phi) is 4.46. The maximum atomic E-state index is 13.3. The molecule has 0 spiro atoms. The first-order chi connectivity index (χ1) is 9.32. The van der Waals surface area contributed by atoms with Gasteiger partial charge in [-0.2, -0.15) is 4.31 Å². The second kappa shape index (κ2) is 5.79. The maximum Gasteiger partial charge on any atom is 0.243 e. The van der Waals surface area contributed by atoms with E-state index in [0.717, 1.165) is 12.5 Å². The molecule has 20 heavy (non-hydrogen) atoms. The van der Waals surface area contributed by atoms with Crippen LogP contribution >= 0.6 is 0 Å². The van der Waals surface area contributed by atoms with E-state index in [9.17, 15) is 17.9 Å². The monoisotopic (exact) mass is 301 g/mol. The fourth-order valence-electron chi connectivity index (χ4n) is 2.66. The molecular formula is C14H20FNO3S. The standard InChI is InChI=1S/C14H20FNO3S/c1-10-6-7-16(14(8-10)11(2)17)20(18,19)13-5-3-4-12(15)9-13/h3-5,9-11,14,17H,6-8H2,1-2H3/t10-,11-,14-/m1/s1. The quantitative estimate of drug-likeness (QED) is 0.929. The number of halogens is 1.